The Bertz CT molecular complexity index is 1000. The maximum absolute atomic E-state index is 13.1. The summed E-state index contributed by atoms with van der Waals surface area (Å²) in [6, 6.07) is 11.1. The molecule has 1 aliphatic heterocycles. The molecule has 3 aromatic rings. The number of ketones is 1. The Morgan fingerprint density at radius 2 is 1.93 bits per heavy atom. The van der Waals surface area contributed by atoms with Crippen LogP contribution in [0.3, 0.4) is 0 Å². The molecule has 8 heteroatoms. The maximum Gasteiger partial charge on any atom is 0.326 e. The predicted octanol–water partition coefficient (Wildman–Crippen LogP) is 3.20. The number of nitrogens with zero attached hydrogens (tertiary/aromatic N) is 4. The summed E-state index contributed by atoms with van der Waals surface area (Å²) in [5, 5.41) is 6.72. The van der Waals surface area contributed by atoms with E-state index in [2.05, 4.69) is 15.2 Å². The van der Waals surface area contributed by atoms with Gasteiger partial charge in [-0.15, -0.1) is 0 Å². The number of benzene rings is 1. The summed E-state index contributed by atoms with van der Waals surface area (Å²) in [5.74, 6) is 0.142. The highest BCUT2D eigenvalue weighted by atomic mass is 19.1. The highest BCUT2D eigenvalue weighted by Gasteiger charge is 2.30. The standard InChI is InChI=1S/C21H20FN5O2/c22-17-3-1-15(2-4-17)14-26-11-12-27(21(26)29)20-13-16(7-9-23-20)19(28)6-5-18-8-10-24-25-18/h1-4,7-10,13H,5-6,11-12,14H2,(H,24,25). The van der Waals surface area contributed by atoms with E-state index >= 15 is 0 Å². The number of carbonyl (C=O) groups is 2. The van der Waals surface area contributed by atoms with E-state index < -0.39 is 0 Å². The van der Waals surface area contributed by atoms with Crippen LogP contribution in [0.15, 0.2) is 54.9 Å². The maximum atomic E-state index is 13.1. The number of aromatic amines is 1. The Morgan fingerprint density at radius 3 is 2.69 bits per heavy atom. The number of anilines is 1. The second-order valence-electron chi connectivity index (χ2n) is 6.89. The molecule has 7 nitrogen and oxygen atoms in total. The topological polar surface area (TPSA) is 82.2 Å². The van der Waals surface area contributed by atoms with E-state index in [0.717, 1.165) is 11.3 Å². The van der Waals surface area contributed by atoms with Gasteiger partial charge in [0, 0.05) is 49.7 Å². The van der Waals surface area contributed by atoms with Crippen molar-refractivity contribution in [1.82, 2.24) is 20.1 Å². The minimum absolute atomic E-state index is 0.0157. The zero-order valence-corrected chi connectivity index (χ0v) is 15.7. The summed E-state index contributed by atoms with van der Waals surface area (Å²) in [7, 11) is 0. The van der Waals surface area contributed by atoms with Crippen molar-refractivity contribution >= 4 is 17.6 Å². The fraction of sp³-hybridized carbons (Fsp3) is 0.238. The predicted molar refractivity (Wildman–Crippen MR) is 105 cm³/mol. The molecule has 1 N–H and O–H groups in total. The molecular formula is C21H20FN5O2. The third-order valence-corrected chi connectivity index (χ3v) is 4.91. The molecule has 1 aliphatic rings. The quantitative estimate of drug-likeness (QED) is 0.625. The molecule has 0 saturated carbocycles. The molecule has 0 spiro atoms. The lowest BCUT2D eigenvalue weighted by Gasteiger charge is -2.18. The minimum Gasteiger partial charge on any atom is -0.318 e. The van der Waals surface area contributed by atoms with Gasteiger partial charge in [-0.1, -0.05) is 12.1 Å². The van der Waals surface area contributed by atoms with Crippen molar-refractivity contribution < 1.29 is 14.0 Å². The molecule has 1 fully saturated rings. The number of urea groups is 1. The molecule has 1 saturated heterocycles. The van der Waals surface area contributed by atoms with Crippen LogP contribution in [0.25, 0.3) is 0 Å². The van der Waals surface area contributed by atoms with Crippen LogP contribution in [0.1, 0.15) is 28.0 Å². The lowest BCUT2D eigenvalue weighted by molar-refractivity contribution is 0.0982. The first-order valence-electron chi connectivity index (χ1n) is 9.38. The van der Waals surface area contributed by atoms with Gasteiger partial charge < -0.3 is 4.90 Å². The molecule has 0 radical (unpaired) electrons. The number of rotatable bonds is 7. The fourth-order valence-electron chi connectivity index (χ4n) is 3.31. The number of aryl methyl sites for hydroxylation is 1. The van der Waals surface area contributed by atoms with Crippen molar-refractivity contribution in [2.45, 2.75) is 19.4 Å². The smallest absolute Gasteiger partial charge is 0.318 e. The minimum atomic E-state index is -0.304. The first-order chi connectivity index (χ1) is 14.1. The van der Waals surface area contributed by atoms with E-state index in [4.69, 9.17) is 0 Å². The van der Waals surface area contributed by atoms with Crippen molar-refractivity contribution in [1.29, 1.82) is 0 Å². The number of hydrogen-bond donors (Lipinski definition) is 1. The molecule has 1 aromatic carbocycles. The van der Waals surface area contributed by atoms with Crippen molar-refractivity contribution in [3.05, 3.63) is 77.5 Å². The zero-order valence-electron chi connectivity index (χ0n) is 15.7. The van der Waals surface area contributed by atoms with Crippen molar-refractivity contribution in [2.24, 2.45) is 0 Å². The SMILES string of the molecule is O=C(CCc1ccn[nH]1)c1ccnc(N2CCN(Cc3ccc(F)cc3)C2=O)c1. The van der Waals surface area contributed by atoms with E-state index in [9.17, 15) is 14.0 Å². The summed E-state index contributed by atoms with van der Waals surface area (Å²) >= 11 is 0. The van der Waals surface area contributed by atoms with E-state index in [1.165, 1.54) is 12.1 Å². The number of hydrogen-bond acceptors (Lipinski definition) is 4. The number of aromatic nitrogens is 3. The summed E-state index contributed by atoms with van der Waals surface area (Å²) in [5.41, 5.74) is 2.29. The number of Topliss-reactive ketones (excluding diaryl/α,β-unsaturated/α-hetero) is 1. The van der Waals surface area contributed by atoms with Crippen LogP contribution in [-0.2, 0) is 13.0 Å². The first-order valence-corrected chi connectivity index (χ1v) is 9.38. The summed E-state index contributed by atoms with van der Waals surface area (Å²) < 4.78 is 13.1. The van der Waals surface area contributed by atoms with Crippen LogP contribution in [0.4, 0.5) is 15.0 Å². The van der Waals surface area contributed by atoms with Gasteiger partial charge in [0.25, 0.3) is 0 Å². The number of H-pyrrole nitrogens is 1. The van der Waals surface area contributed by atoms with Crippen LogP contribution < -0.4 is 4.90 Å². The van der Waals surface area contributed by atoms with Gasteiger partial charge in [-0.2, -0.15) is 5.10 Å². The van der Waals surface area contributed by atoms with Gasteiger partial charge in [-0.25, -0.2) is 14.2 Å². The van der Waals surface area contributed by atoms with Gasteiger partial charge in [0.1, 0.15) is 11.6 Å². The van der Waals surface area contributed by atoms with Gasteiger partial charge in [-0.3, -0.25) is 14.8 Å². The zero-order chi connectivity index (χ0) is 20.2. The average molecular weight is 393 g/mol. The number of carbonyl (C=O) groups excluding carboxylic acids is 2. The molecule has 0 bridgehead atoms. The fourth-order valence-corrected chi connectivity index (χ4v) is 3.31. The monoisotopic (exact) mass is 393 g/mol. The molecule has 29 heavy (non-hydrogen) atoms. The van der Waals surface area contributed by atoms with Gasteiger partial charge >= 0.3 is 6.03 Å². The second-order valence-corrected chi connectivity index (χ2v) is 6.89. The van der Waals surface area contributed by atoms with E-state index in [1.54, 1.807) is 46.5 Å². The van der Waals surface area contributed by atoms with Crippen LogP contribution in [-0.4, -0.2) is 45.0 Å². The summed E-state index contributed by atoms with van der Waals surface area (Å²) in [4.78, 5) is 32.8. The van der Waals surface area contributed by atoms with Crippen LogP contribution >= 0.6 is 0 Å². The Kier molecular flexibility index (Phi) is 5.33. The van der Waals surface area contributed by atoms with Crippen LogP contribution in [0.2, 0.25) is 0 Å². The molecular weight excluding hydrogens is 373 g/mol. The lowest BCUT2D eigenvalue weighted by atomic mass is 10.1. The number of pyridine rings is 1. The Morgan fingerprint density at radius 1 is 1.10 bits per heavy atom. The molecule has 148 valence electrons. The first kappa shape index (κ1) is 18.8. The van der Waals surface area contributed by atoms with Gasteiger partial charge in [0.2, 0.25) is 0 Å². The third kappa shape index (κ3) is 4.31. The van der Waals surface area contributed by atoms with E-state index in [1.807, 2.05) is 6.07 Å². The van der Waals surface area contributed by atoms with Crippen LogP contribution in [0, 0.1) is 5.82 Å². The molecule has 0 aliphatic carbocycles. The molecule has 0 atom stereocenters. The van der Waals surface area contributed by atoms with Crippen molar-refractivity contribution in [3.8, 4) is 0 Å². The summed E-state index contributed by atoms with van der Waals surface area (Å²) in [6.07, 6.45) is 4.12. The normalized spacial score (nSPS) is 13.9. The third-order valence-electron chi connectivity index (χ3n) is 4.91. The number of halogens is 1. The van der Waals surface area contributed by atoms with Crippen molar-refractivity contribution in [3.63, 3.8) is 0 Å². The number of amides is 2. The van der Waals surface area contributed by atoms with Gasteiger partial charge in [-0.05, 0) is 42.3 Å². The Labute approximate surface area is 167 Å². The number of nitrogens with one attached hydrogen (secondary N) is 1. The van der Waals surface area contributed by atoms with Crippen LogP contribution in [0.5, 0.6) is 0 Å². The highest BCUT2D eigenvalue weighted by molar-refractivity contribution is 5.98. The van der Waals surface area contributed by atoms with E-state index in [-0.39, 0.29) is 17.6 Å². The second kappa shape index (κ2) is 8.22. The Balaban J connectivity index is 1.41. The highest BCUT2D eigenvalue weighted by Crippen LogP contribution is 2.21. The Hall–Kier alpha value is -3.55. The van der Waals surface area contributed by atoms with E-state index in [0.29, 0.717) is 43.9 Å². The van der Waals surface area contributed by atoms with Gasteiger partial charge in [0.05, 0.1) is 0 Å². The molecule has 2 aromatic heterocycles. The molecule has 2 amide bonds. The summed E-state index contributed by atoms with van der Waals surface area (Å²) in [6.45, 7) is 1.42. The molecule has 3 heterocycles. The average Bonchev–Trinajstić information content (AvgIpc) is 3.38. The van der Waals surface area contributed by atoms with Gasteiger partial charge in [0.15, 0.2) is 5.78 Å². The molecule has 0 unspecified atom stereocenters. The largest absolute Gasteiger partial charge is 0.326 e. The van der Waals surface area contributed by atoms with Crippen molar-refractivity contribution in [2.75, 3.05) is 18.0 Å². The molecule has 4 rings (SSSR count). The lowest BCUT2D eigenvalue weighted by Crippen LogP contribution is -2.32.